The Labute approximate surface area is 274 Å². The third kappa shape index (κ3) is 5.84. The van der Waals surface area contributed by atoms with Crippen LogP contribution in [0.15, 0.2) is 65.5 Å². The molecule has 2 aromatic heterocycles. The van der Waals surface area contributed by atoms with Crippen molar-refractivity contribution in [2.24, 2.45) is 0 Å². The number of carbonyl (C=O) groups is 3. The van der Waals surface area contributed by atoms with Crippen molar-refractivity contribution in [1.82, 2.24) is 14.9 Å². The van der Waals surface area contributed by atoms with Crippen molar-refractivity contribution >= 4 is 42.2 Å². The van der Waals surface area contributed by atoms with Gasteiger partial charge in [-0.05, 0) is 61.5 Å². The Balaban J connectivity index is 1.44. The topological polar surface area (TPSA) is 126 Å². The van der Waals surface area contributed by atoms with Gasteiger partial charge < -0.3 is 24.1 Å². The minimum absolute atomic E-state index is 0.0141. The van der Waals surface area contributed by atoms with Crippen LogP contribution in [0.3, 0.4) is 0 Å². The van der Waals surface area contributed by atoms with Gasteiger partial charge in [0, 0.05) is 5.56 Å². The van der Waals surface area contributed by atoms with E-state index in [1.807, 2.05) is 24.3 Å². The number of benzene rings is 2. The molecule has 2 aliphatic rings. The maximum atomic E-state index is 14.2. The fourth-order valence-electron chi connectivity index (χ4n) is 6.84. The number of aromatic nitrogens is 2. The summed E-state index contributed by atoms with van der Waals surface area (Å²) in [5, 5.41) is 4.70. The average molecular weight is 654 g/mol. The SMILES string of the molecule is CCC1(OC(=O)CNC(=O)OC(C)(C)C)C(=O)OCc2c1cc1n(c2=O)Cc2c-1nc1ccccc1c2[Si](C)(C)Cc1ccccc1. The number of rotatable bonds is 7. The van der Waals surface area contributed by atoms with E-state index in [4.69, 9.17) is 19.2 Å². The smallest absolute Gasteiger partial charge is 0.408 e. The number of cyclic esters (lactones) is 1. The van der Waals surface area contributed by atoms with Gasteiger partial charge >= 0.3 is 18.0 Å². The summed E-state index contributed by atoms with van der Waals surface area (Å²) < 4.78 is 18.2. The van der Waals surface area contributed by atoms with Crippen LogP contribution in [0.1, 0.15) is 56.4 Å². The lowest BCUT2D eigenvalue weighted by molar-refractivity contribution is -0.188. The zero-order valence-corrected chi connectivity index (χ0v) is 28.6. The molecule has 0 saturated heterocycles. The number of hydrogen-bond acceptors (Lipinski definition) is 8. The van der Waals surface area contributed by atoms with Gasteiger partial charge in [-0.3, -0.25) is 9.59 Å². The van der Waals surface area contributed by atoms with Gasteiger partial charge in [0.25, 0.3) is 5.56 Å². The van der Waals surface area contributed by atoms with E-state index >= 15 is 0 Å². The molecule has 1 unspecified atom stereocenters. The molecule has 4 heterocycles. The van der Waals surface area contributed by atoms with Gasteiger partial charge in [0.2, 0.25) is 5.60 Å². The molecule has 47 heavy (non-hydrogen) atoms. The lowest BCUT2D eigenvalue weighted by atomic mass is 9.85. The van der Waals surface area contributed by atoms with E-state index in [0.717, 1.165) is 22.5 Å². The number of amides is 1. The molecule has 11 heteroatoms. The zero-order valence-electron chi connectivity index (χ0n) is 27.6. The Bertz CT molecular complexity index is 1980. The van der Waals surface area contributed by atoms with Gasteiger partial charge in [0.1, 0.15) is 18.8 Å². The number of nitrogens with one attached hydrogen (secondary N) is 1. The summed E-state index contributed by atoms with van der Waals surface area (Å²) in [7, 11) is -2.18. The predicted octanol–water partition coefficient (Wildman–Crippen LogP) is 4.85. The summed E-state index contributed by atoms with van der Waals surface area (Å²) in [5.41, 5.74) is 1.92. The van der Waals surface area contributed by atoms with Crippen LogP contribution in [0, 0.1) is 0 Å². The second-order valence-corrected chi connectivity index (χ2v) is 18.4. The monoisotopic (exact) mass is 653 g/mol. The Morgan fingerprint density at radius 1 is 1.04 bits per heavy atom. The van der Waals surface area contributed by atoms with Gasteiger partial charge in [0.15, 0.2) is 0 Å². The molecule has 1 N–H and O–H groups in total. The van der Waals surface area contributed by atoms with Gasteiger partial charge in [-0.2, -0.15) is 0 Å². The van der Waals surface area contributed by atoms with E-state index in [1.165, 1.54) is 10.8 Å². The van der Waals surface area contributed by atoms with Crippen molar-refractivity contribution in [2.75, 3.05) is 6.54 Å². The second-order valence-electron chi connectivity index (χ2n) is 13.8. The summed E-state index contributed by atoms with van der Waals surface area (Å²) in [5.74, 6) is -1.65. The Kier molecular flexibility index (Phi) is 8.07. The number of carbonyl (C=O) groups excluding carboxylic acids is 3. The zero-order chi connectivity index (χ0) is 33.7. The first-order valence-corrected chi connectivity index (χ1v) is 19.0. The molecular weight excluding hydrogens is 614 g/mol. The van der Waals surface area contributed by atoms with Crippen molar-refractivity contribution in [3.63, 3.8) is 0 Å². The molecule has 1 amide bonds. The molecule has 0 bridgehead atoms. The third-order valence-corrected chi connectivity index (χ3v) is 12.0. The number of nitrogens with zero attached hydrogens (tertiary/aromatic N) is 2. The molecule has 244 valence electrons. The highest BCUT2D eigenvalue weighted by Gasteiger charge is 2.50. The minimum Gasteiger partial charge on any atom is -0.457 e. The average Bonchev–Trinajstić information content (AvgIpc) is 3.38. The highest BCUT2D eigenvalue weighted by Crippen LogP contribution is 2.41. The fraction of sp³-hybridized carbons (Fsp3) is 0.361. The van der Waals surface area contributed by atoms with E-state index in [1.54, 1.807) is 38.3 Å². The first kappa shape index (κ1) is 32.2. The first-order chi connectivity index (χ1) is 22.2. The number of fused-ring (bicyclic) bond motifs is 5. The lowest BCUT2D eigenvalue weighted by Crippen LogP contribution is -2.49. The number of ether oxygens (including phenoxy) is 3. The van der Waals surface area contributed by atoms with E-state index in [0.29, 0.717) is 17.9 Å². The van der Waals surface area contributed by atoms with Gasteiger partial charge in [-0.25, -0.2) is 14.6 Å². The minimum atomic E-state index is -2.18. The van der Waals surface area contributed by atoms with E-state index < -0.39 is 43.9 Å². The molecule has 6 rings (SSSR count). The molecule has 0 aliphatic carbocycles. The van der Waals surface area contributed by atoms with Crippen LogP contribution in [-0.4, -0.2) is 47.8 Å². The van der Waals surface area contributed by atoms with Crippen LogP contribution in [0.25, 0.3) is 22.3 Å². The van der Waals surface area contributed by atoms with Crippen LogP contribution < -0.4 is 16.1 Å². The van der Waals surface area contributed by atoms with Crippen LogP contribution in [0.2, 0.25) is 13.1 Å². The first-order valence-electron chi connectivity index (χ1n) is 15.8. The van der Waals surface area contributed by atoms with Gasteiger partial charge in [0.05, 0.1) is 37.1 Å². The highest BCUT2D eigenvalue weighted by molar-refractivity contribution is 6.91. The highest BCUT2D eigenvalue weighted by atomic mass is 28.3. The molecule has 1 atom stereocenters. The van der Waals surface area contributed by atoms with Crippen LogP contribution in [0.4, 0.5) is 4.79 Å². The summed E-state index contributed by atoms with van der Waals surface area (Å²) in [6.45, 7) is 11.0. The maximum absolute atomic E-state index is 14.2. The fourth-order valence-corrected chi connectivity index (χ4v) is 10.2. The van der Waals surface area contributed by atoms with Crippen LogP contribution in [-0.2, 0) is 48.6 Å². The Morgan fingerprint density at radius 2 is 1.74 bits per heavy atom. The Morgan fingerprint density at radius 3 is 2.45 bits per heavy atom. The van der Waals surface area contributed by atoms with Gasteiger partial charge in [-0.1, -0.05) is 74.1 Å². The molecule has 0 saturated carbocycles. The van der Waals surface area contributed by atoms with Crippen LogP contribution >= 0.6 is 0 Å². The summed E-state index contributed by atoms with van der Waals surface area (Å²) in [6.07, 6.45) is -0.785. The van der Waals surface area contributed by atoms with E-state index in [9.17, 15) is 19.2 Å². The maximum Gasteiger partial charge on any atom is 0.408 e. The van der Waals surface area contributed by atoms with Crippen molar-refractivity contribution in [3.8, 4) is 11.4 Å². The molecule has 0 fully saturated rings. The Hall–Kier alpha value is -4.77. The quantitative estimate of drug-likeness (QED) is 0.150. The van der Waals surface area contributed by atoms with Crippen LogP contribution in [0.5, 0.6) is 0 Å². The van der Waals surface area contributed by atoms with E-state index in [2.05, 4.69) is 48.7 Å². The summed E-state index contributed by atoms with van der Waals surface area (Å²) >= 11 is 0. The largest absolute Gasteiger partial charge is 0.457 e. The summed E-state index contributed by atoms with van der Waals surface area (Å²) in [6, 6.07) is 21.2. The molecular formula is C36H39N3O7Si. The normalized spacial score (nSPS) is 16.9. The van der Waals surface area contributed by atoms with Crippen molar-refractivity contribution in [2.45, 2.75) is 77.6 Å². The molecule has 2 aliphatic heterocycles. The van der Waals surface area contributed by atoms with Crippen molar-refractivity contribution in [3.05, 3.63) is 93.3 Å². The van der Waals surface area contributed by atoms with Crippen molar-refractivity contribution < 1.29 is 28.6 Å². The van der Waals surface area contributed by atoms with Crippen molar-refractivity contribution in [1.29, 1.82) is 0 Å². The molecule has 10 nitrogen and oxygen atoms in total. The number of para-hydroxylation sites is 1. The lowest BCUT2D eigenvalue weighted by Gasteiger charge is -2.35. The molecule has 0 radical (unpaired) electrons. The summed E-state index contributed by atoms with van der Waals surface area (Å²) in [4.78, 5) is 58.0. The van der Waals surface area contributed by atoms with E-state index in [-0.39, 0.29) is 29.7 Å². The molecule has 4 aromatic rings. The standard InChI is InChI=1S/C36H39N3O7Si/c1-7-36(45-29(40)18-37-34(43)46-35(2,3)4)26-17-28-30-24(19-39(28)32(41)25(26)20-44-33(36)42)31(23-15-11-12-16-27(23)38-30)47(5,6)21-22-13-9-8-10-14-22/h8-17H,7,18-21H2,1-6H3,(H,37,43). The molecule has 0 spiro atoms. The number of pyridine rings is 2. The number of hydrogen-bond donors (Lipinski definition) is 1. The second kappa shape index (κ2) is 11.8. The van der Waals surface area contributed by atoms with Gasteiger partial charge in [-0.15, -0.1) is 0 Å². The molecule has 2 aromatic carbocycles. The number of esters is 2. The predicted molar refractivity (Wildman–Crippen MR) is 180 cm³/mol. The third-order valence-electron chi connectivity index (χ3n) is 8.79. The number of alkyl carbamates (subject to hydrolysis) is 1.